The maximum absolute atomic E-state index is 12.7. The van der Waals surface area contributed by atoms with Crippen molar-refractivity contribution in [2.75, 3.05) is 11.9 Å². The molecule has 0 heterocycles. The molecular formula is C21H20N2O2. The van der Waals surface area contributed by atoms with Crippen molar-refractivity contribution in [1.82, 2.24) is 5.32 Å². The molecule has 0 saturated carbocycles. The molecule has 3 rings (SSSR count). The Morgan fingerprint density at radius 1 is 0.920 bits per heavy atom. The van der Waals surface area contributed by atoms with Crippen LogP contribution in [0.4, 0.5) is 5.69 Å². The monoisotopic (exact) mass is 332 g/mol. The zero-order valence-corrected chi connectivity index (χ0v) is 14.3. The van der Waals surface area contributed by atoms with Gasteiger partial charge in [-0.05, 0) is 40.6 Å². The van der Waals surface area contributed by atoms with E-state index in [2.05, 4.69) is 11.4 Å². The van der Waals surface area contributed by atoms with Crippen molar-refractivity contribution >= 4 is 28.3 Å². The smallest absolute Gasteiger partial charge is 0.258 e. The second-order valence-corrected chi connectivity index (χ2v) is 6.00. The van der Waals surface area contributed by atoms with Gasteiger partial charge in [0.25, 0.3) is 5.91 Å². The number of fused-ring (bicyclic) bond motifs is 1. The topological polar surface area (TPSA) is 49.4 Å². The standard InChI is InChI=1S/C21H20N2O2/c1-15(24)22-14-16-7-9-18(10-8-16)21(25)23(2)20-12-11-17-5-3-4-6-19(17)13-20/h3-13H,14H2,1-2H3,(H,22,24). The largest absolute Gasteiger partial charge is 0.352 e. The van der Waals surface area contributed by atoms with Gasteiger partial charge in [0.1, 0.15) is 0 Å². The minimum absolute atomic E-state index is 0.0682. The van der Waals surface area contributed by atoms with E-state index in [4.69, 9.17) is 0 Å². The minimum Gasteiger partial charge on any atom is -0.352 e. The number of amides is 2. The SMILES string of the molecule is CC(=O)NCc1ccc(C(=O)N(C)c2ccc3ccccc3c2)cc1. The fourth-order valence-corrected chi connectivity index (χ4v) is 2.69. The summed E-state index contributed by atoms with van der Waals surface area (Å²) in [6.07, 6.45) is 0. The molecule has 0 aliphatic carbocycles. The Morgan fingerprint density at radius 3 is 2.28 bits per heavy atom. The highest BCUT2D eigenvalue weighted by molar-refractivity contribution is 6.06. The van der Waals surface area contributed by atoms with Gasteiger partial charge in [-0.1, -0.05) is 42.5 Å². The van der Waals surface area contributed by atoms with E-state index in [0.717, 1.165) is 22.0 Å². The summed E-state index contributed by atoms with van der Waals surface area (Å²) in [5, 5.41) is 4.99. The lowest BCUT2D eigenvalue weighted by atomic mass is 10.1. The van der Waals surface area contributed by atoms with E-state index in [-0.39, 0.29) is 11.8 Å². The Bertz CT molecular complexity index is 917. The second kappa shape index (κ2) is 7.18. The van der Waals surface area contributed by atoms with Gasteiger partial charge in [-0.3, -0.25) is 9.59 Å². The quantitative estimate of drug-likeness (QED) is 0.791. The first-order valence-corrected chi connectivity index (χ1v) is 8.15. The van der Waals surface area contributed by atoms with Crippen LogP contribution in [0.2, 0.25) is 0 Å². The van der Waals surface area contributed by atoms with Crippen LogP contribution in [0.1, 0.15) is 22.8 Å². The molecule has 0 aliphatic rings. The van der Waals surface area contributed by atoms with Gasteiger partial charge in [-0.15, -0.1) is 0 Å². The molecule has 0 spiro atoms. The lowest BCUT2D eigenvalue weighted by molar-refractivity contribution is -0.119. The van der Waals surface area contributed by atoms with E-state index in [1.165, 1.54) is 6.92 Å². The Hall–Kier alpha value is -3.14. The predicted octanol–water partition coefficient (Wildman–Crippen LogP) is 3.75. The number of benzene rings is 3. The third kappa shape index (κ3) is 3.86. The third-order valence-corrected chi connectivity index (χ3v) is 4.17. The fraction of sp³-hybridized carbons (Fsp3) is 0.143. The van der Waals surface area contributed by atoms with Crippen LogP contribution in [-0.2, 0) is 11.3 Å². The molecule has 0 radical (unpaired) electrons. The van der Waals surface area contributed by atoms with E-state index in [1.807, 2.05) is 48.5 Å². The molecule has 25 heavy (non-hydrogen) atoms. The number of anilines is 1. The predicted molar refractivity (Wildman–Crippen MR) is 101 cm³/mol. The first kappa shape index (κ1) is 16.7. The number of nitrogens with zero attached hydrogens (tertiary/aromatic N) is 1. The van der Waals surface area contributed by atoms with Crippen LogP contribution in [0.5, 0.6) is 0 Å². The molecule has 0 bridgehead atoms. The summed E-state index contributed by atoms with van der Waals surface area (Å²) in [4.78, 5) is 25.3. The number of hydrogen-bond donors (Lipinski definition) is 1. The number of nitrogens with one attached hydrogen (secondary N) is 1. The highest BCUT2D eigenvalue weighted by Gasteiger charge is 2.13. The molecule has 0 aromatic heterocycles. The number of carbonyl (C=O) groups excluding carboxylic acids is 2. The van der Waals surface area contributed by atoms with E-state index < -0.39 is 0 Å². The summed E-state index contributed by atoms with van der Waals surface area (Å²) in [6.45, 7) is 1.95. The van der Waals surface area contributed by atoms with Crippen LogP contribution < -0.4 is 10.2 Å². The van der Waals surface area contributed by atoms with Crippen molar-refractivity contribution < 1.29 is 9.59 Å². The first-order valence-electron chi connectivity index (χ1n) is 8.15. The van der Waals surface area contributed by atoms with E-state index in [9.17, 15) is 9.59 Å². The zero-order valence-electron chi connectivity index (χ0n) is 14.3. The van der Waals surface area contributed by atoms with Crippen molar-refractivity contribution in [2.45, 2.75) is 13.5 Å². The molecule has 0 atom stereocenters. The van der Waals surface area contributed by atoms with Crippen LogP contribution in [0, 0.1) is 0 Å². The van der Waals surface area contributed by atoms with Gasteiger partial charge in [0.2, 0.25) is 5.91 Å². The van der Waals surface area contributed by atoms with Gasteiger partial charge in [-0.2, -0.15) is 0 Å². The molecule has 4 heteroatoms. The van der Waals surface area contributed by atoms with Crippen LogP contribution in [-0.4, -0.2) is 18.9 Å². The molecule has 2 amide bonds. The molecule has 0 saturated heterocycles. The Kier molecular flexibility index (Phi) is 4.80. The van der Waals surface area contributed by atoms with Crippen molar-refractivity contribution in [2.24, 2.45) is 0 Å². The van der Waals surface area contributed by atoms with E-state index >= 15 is 0 Å². The lowest BCUT2D eigenvalue weighted by Gasteiger charge is -2.18. The van der Waals surface area contributed by atoms with Gasteiger partial charge in [0, 0.05) is 31.8 Å². The fourth-order valence-electron chi connectivity index (χ4n) is 2.69. The van der Waals surface area contributed by atoms with Gasteiger partial charge >= 0.3 is 0 Å². The van der Waals surface area contributed by atoms with Gasteiger partial charge < -0.3 is 10.2 Å². The van der Waals surface area contributed by atoms with Gasteiger partial charge in [-0.25, -0.2) is 0 Å². The van der Waals surface area contributed by atoms with Crippen molar-refractivity contribution in [3.8, 4) is 0 Å². The lowest BCUT2D eigenvalue weighted by Crippen LogP contribution is -2.26. The molecule has 0 unspecified atom stereocenters. The summed E-state index contributed by atoms with van der Waals surface area (Å²) in [5.41, 5.74) is 2.42. The van der Waals surface area contributed by atoms with Gasteiger partial charge in [0.05, 0.1) is 0 Å². The number of hydrogen-bond acceptors (Lipinski definition) is 2. The highest BCUT2D eigenvalue weighted by atomic mass is 16.2. The molecule has 3 aromatic rings. The molecule has 0 aliphatic heterocycles. The maximum atomic E-state index is 12.7. The van der Waals surface area contributed by atoms with Crippen LogP contribution >= 0.6 is 0 Å². The highest BCUT2D eigenvalue weighted by Crippen LogP contribution is 2.22. The van der Waals surface area contributed by atoms with Crippen LogP contribution in [0.25, 0.3) is 10.8 Å². The molecule has 1 N–H and O–H groups in total. The maximum Gasteiger partial charge on any atom is 0.258 e. The summed E-state index contributed by atoms with van der Waals surface area (Å²) in [7, 11) is 1.78. The van der Waals surface area contributed by atoms with Crippen molar-refractivity contribution in [1.29, 1.82) is 0 Å². The Labute approximate surface area is 147 Å². The average Bonchev–Trinajstić information content (AvgIpc) is 2.65. The van der Waals surface area contributed by atoms with Gasteiger partial charge in [0.15, 0.2) is 0 Å². The van der Waals surface area contributed by atoms with Crippen molar-refractivity contribution in [3.05, 3.63) is 77.9 Å². The minimum atomic E-state index is -0.0730. The third-order valence-electron chi connectivity index (χ3n) is 4.17. The van der Waals surface area contributed by atoms with Crippen molar-refractivity contribution in [3.63, 3.8) is 0 Å². The summed E-state index contributed by atoms with van der Waals surface area (Å²) < 4.78 is 0. The Balaban J connectivity index is 1.77. The molecular weight excluding hydrogens is 312 g/mol. The molecule has 3 aromatic carbocycles. The molecule has 126 valence electrons. The number of rotatable bonds is 4. The van der Waals surface area contributed by atoms with Crippen LogP contribution in [0.3, 0.4) is 0 Å². The summed E-state index contributed by atoms with van der Waals surface area (Å²) >= 11 is 0. The average molecular weight is 332 g/mol. The second-order valence-electron chi connectivity index (χ2n) is 6.00. The summed E-state index contributed by atoms with van der Waals surface area (Å²) in [6, 6.07) is 21.3. The molecule has 4 nitrogen and oxygen atoms in total. The molecule has 0 fully saturated rings. The van der Waals surface area contributed by atoms with E-state index in [0.29, 0.717) is 12.1 Å². The van der Waals surface area contributed by atoms with Crippen LogP contribution in [0.15, 0.2) is 66.7 Å². The number of carbonyl (C=O) groups is 2. The Morgan fingerprint density at radius 2 is 1.60 bits per heavy atom. The summed E-state index contributed by atoms with van der Waals surface area (Å²) in [5.74, 6) is -0.141. The zero-order chi connectivity index (χ0) is 17.8. The normalized spacial score (nSPS) is 10.5. The first-order chi connectivity index (χ1) is 12.0. The van der Waals surface area contributed by atoms with E-state index in [1.54, 1.807) is 24.1 Å².